The van der Waals surface area contributed by atoms with Crippen molar-refractivity contribution in [3.05, 3.63) is 0 Å². The Kier molecular flexibility index (Phi) is 0.995. The van der Waals surface area contributed by atoms with Crippen LogP contribution in [0.2, 0.25) is 0 Å². The van der Waals surface area contributed by atoms with Crippen molar-refractivity contribution in [2.45, 2.75) is 11.6 Å². The molecule has 0 spiro atoms. The molecular formula is C5H12N6. The van der Waals surface area contributed by atoms with Crippen molar-refractivity contribution < 1.29 is 0 Å². The Balaban J connectivity index is 2.06. The largest absolute Gasteiger partial charge is 0.270 e. The van der Waals surface area contributed by atoms with E-state index in [0.29, 0.717) is 0 Å². The number of nitrogens with one attached hydrogen (secondary N) is 6. The molecule has 3 saturated heterocycles. The summed E-state index contributed by atoms with van der Waals surface area (Å²) in [7, 11) is 0. The van der Waals surface area contributed by atoms with Gasteiger partial charge in [0.15, 0.2) is 11.6 Å². The molecule has 0 atom stereocenters. The Bertz CT molecular complexity index is 144. The van der Waals surface area contributed by atoms with Gasteiger partial charge in [-0.25, -0.2) is 0 Å². The summed E-state index contributed by atoms with van der Waals surface area (Å²) in [5.74, 6) is -0.375. The first-order chi connectivity index (χ1) is 5.37. The fourth-order valence-corrected chi connectivity index (χ4v) is 2.10. The smallest absolute Gasteiger partial charge is 0.173 e. The van der Waals surface area contributed by atoms with Gasteiger partial charge in [0.1, 0.15) is 0 Å². The molecule has 3 fully saturated rings. The van der Waals surface area contributed by atoms with Gasteiger partial charge in [0, 0.05) is 0 Å². The molecule has 0 saturated carbocycles. The van der Waals surface area contributed by atoms with E-state index in [1.165, 1.54) is 0 Å². The molecule has 0 unspecified atom stereocenters. The Hall–Kier alpha value is -0.240. The predicted octanol–water partition coefficient (Wildman–Crippen LogP) is -3.26. The van der Waals surface area contributed by atoms with Gasteiger partial charge < -0.3 is 0 Å². The summed E-state index contributed by atoms with van der Waals surface area (Å²) in [6.45, 7) is 2.42. The van der Waals surface area contributed by atoms with E-state index in [1.807, 2.05) is 0 Å². The second-order valence-electron chi connectivity index (χ2n) is 3.09. The van der Waals surface area contributed by atoms with E-state index < -0.39 is 0 Å². The van der Waals surface area contributed by atoms with Crippen LogP contribution in [0, 0.1) is 0 Å². The molecule has 6 heteroatoms. The van der Waals surface area contributed by atoms with Crippen molar-refractivity contribution in [1.82, 2.24) is 31.9 Å². The van der Waals surface area contributed by atoms with Crippen LogP contribution in [0.4, 0.5) is 0 Å². The first-order valence-corrected chi connectivity index (χ1v) is 3.87. The van der Waals surface area contributed by atoms with Gasteiger partial charge in [-0.3, -0.25) is 31.9 Å². The number of hydrogen-bond donors (Lipinski definition) is 6. The minimum absolute atomic E-state index is 0.187. The predicted molar refractivity (Wildman–Crippen MR) is 38.9 cm³/mol. The van der Waals surface area contributed by atoms with E-state index in [2.05, 4.69) is 31.9 Å². The van der Waals surface area contributed by atoms with Crippen LogP contribution in [-0.4, -0.2) is 31.6 Å². The SMILES string of the molecule is C1NC23NCNC2(N1)NCN3. The molecule has 0 aromatic rings. The second kappa shape index (κ2) is 1.74. The maximum Gasteiger partial charge on any atom is 0.173 e. The molecule has 3 heterocycles. The highest BCUT2D eigenvalue weighted by molar-refractivity contribution is 5.15. The van der Waals surface area contributed by atoms with Gasteiger partial charge in [0.05, 0.1) is 20.0 Å². The van der Waals surface area contributed by atoms with Gasteiger partial charge >= 0.3 is 0 Å². The normalized spacial score (nSPS) is 54.5. The standard InChI is InChI=1S/C5H12N6/c1-6-4-5(7-1,9-2-8-4)11-3-10-4/h6-11H,1-3H2. The third kappa shape index (κ3) is 0.548. The molecule has 3 rings (SSSR count). The molecule has 0 aliphatic carbocycles. The minimum Gasteiger partial charge on any atom is -0.270 e. The Labute approximate surface area is 64.5 Å². The molecule has 0 radical (unpaired) electrons. The molecule has 0 bridgehead atoms. The van der Waals surface area contributed by atoms with Crippen LogP contribution < -0.4 is 31.9 Å². The van der Waals surface area contributed by atoms with Gasteiger partial charge in [-0.05, 0) is 0 Å². The first-order valence-electron chi connectivity index (χ1n) is 3.87. The molecule has 0 aromatic carbocycles. The maximum atomic E-state index is 3.33. The summed E-state index contributed by atoms with van der Waals surface area (Å²) in [6, 6.07) is 0. The molecule has 11 heavy (non-hydrogen) atoms. The van der Waals surface area contributed by atoms with Crippen LogP contribution >= 0.6 is 0 Å². The van der Waals surface area contributed by atoms with Crippen molar-refractivity contribution in [3.63, 3.8) is 0 Å². The minimum atomic E-state index is -0.188. The lowest BCUT2D eigenvalue weighted by molar-refractivity contribution is 0.207. The molecule has 0 amide bonds. The van der Waals surface area contributed by atoms with Crippen molar-refractivity contribution >= 4 is 0 Å². The number of rotatable bonds is 0. The van der Waals surface area contributed by atoms with Gasteiger partial charge in [-0.2, -0.15) is 0 Å². The van der Waals surface area contributed by atoms with Crippen LogP contribution in [0.25, 0.3) is 0 Å². The maximum absolute atomic E-state index is 3.33. The highest BCUT2D eigenvalue weighted by Gasteiger charge is 2.61. The molecule has 6 nitrogen and oxygen atoms in total. The third-order valence-corrected chi connectivity index (χ3v) is 2.68. The molecule has 6 N–H and O–H groups in total. The average Bonchev–Trinajstić information content (AvgIpc) is 2.40. The monoisotopic (exact) mass is 156 g/mol. The van der Waals surface area contributed by atoms with Gasteiger partial charge in [-0.1, -0.05) is 0 Å². The van der Waals surface area contributed by atoms with E-state index in [4.69, 9.17) is 0 Å². The van der Waals surface area contributed by atoms with Crippen molar-refractivity contribution in [2.24, 2.45) is 0 Å². The third-order valence-electron chi connectivity index (χ3n) is 2.68. The van der Waals surface area contributed by atoms with Crippen LogP contribution in [0.15, 0.2) is 0 Å². The van der Waals surface area contributed by atoms with E-state index in [1.54, 1.807) is 0 Å². The van der Waals surface area contributed by atoms with E-state index in [9.17, 15) is 0 Å². The van der Waals surface area contributed by atoms with Crippen molar-refractivity contribution in [3.8, 4) is 0 Å². The Morgan fingerprint density at radius 3 is 1.09 bits per heavy atom. The van der Waals surface area contributed by atoms with E-state index in [0.717, 1.165) is 20.0 Å². The molecule has 3 aliphatic heterocycles. The Morgan fingerprint density at radius 1 is 0.545 bits per heavy atom. The molecule has 0 aromatic heterocycles. The number of hydrogen-bond acceptors (Lipinski definition) is 6. The summed E-state index contributed by atoms with van der Waals surface area (Å²) in [4.78, 5) is 0. The van der Waals surface area contributed by atoms with Crippen LogP contribution in [0.3, 0.4) is 0 Å². The zero-order valence-corrected chi connectivity index (χ0v) is 6.12. The molecular weight excluding hydrogens is 144 g/mol. The lowest BCUT2D eigenvalue weighted by atomic mass is 10.2. The van der Waals surface area contributed by atoms with Crippen LogP contribution in [0.5, 0.6) is 0 Å². The van der Waals surface area contributed by atoms with Crippen LogP contribution in [-0.2, 0) is 0 Å². The van der Waals surface area contributed by atoms with Crippen molar-refractivity contribution in [1.29, 1.82) is 0 Å². The summed E-state index contributed by atoms with van der Waals surface area (Å²) in [5, 5.41) is 20.0. The van der Waals surface area contributed by atoms with E-state index in [-0.39, 0.29) is 11.6 Å². The molecule has 62 valence electrons. The van der Waals surface area contributed by atoms with Gasteiger partial charge in [-0.15, -0.1) is 0 Å². The first kappa shape index (κ1) is 6.30. The highest BCUT2D eigenvalue weighted by atomic mass is 15.7. The fraction of sp³-hybridized carbons (Fsp3) is 1.00. The highest BCUT2D eigenvalue weighted by Crippen LogP contribution is 2.23. The lowest BCUT2D eigenvalue weighted by Crippen LogP contribution is -2.71. The van der Waals surface area contributed by atoms with E-state index >= 15 is 0 Å². The van der Waals surface area contributed by atoms with Gasteiger partial charge in [0.25, 0.3) is 0 Å². The fourth-order valence-electron chi connectivity index (χ4n) is 2.10. The zero-order valence-electron chi connectivity index (χ0n) is 6.12. The second-order valence-corrected chi connectivity index (χ2v) is 3.09. The van der Waals surface area contributed by atoms with Crippen molar-refractivity contribution in [2.75, 3.05) is 20.0 Å². The summed E-state index contributed by atoms with van der Waals surface area (Å²) in [5.41, 5.74) is 0. The molecule has 3 aliphatic rings. The average molecular weight is 156 g/mol. The zero-order chi connectivity index (χ0) is 7.36. The lowest BCUT2D eigenvalue weighted by Gasteiger charge is -2.30. The summed E-state index contributed by atoms with van der Waals surface area (Å²) >= 11 is 0. The quantitative estimate of drug-likeness (QED) is 0.221. The van der Waals surface area contributed by atoms with Gasteiger partial charge in [0.2, 0.25) is 0 Å². The Morgan fingerprint density at radius 2 is 0.818 bits per heavy atom. The summed E-state index contributed by atoms with van der Waals surface area (Å²) < 4.78 is 0. The summed E-state index contributed by atoms with van der Waals surface area (Å²) in [6.07, 6.45) is 0. The van der Waals surface area contributed by atoms with Crippen LogP contribution in [0.1, 0.15) is 0 Å². The topological polar surface area (TPSA) is 72.2 Å².